The van der Waals surface area contributed by atoms with Crippen LogP contribution >= 0.6 is 11.6 Å². The molecular formula is C21H22ClN3. The number of nitrogens with zero attached hydrogens (tertiary/aromatic N) is 3. The summed E-state index contributed by atoms with van der Waals surface area (Å²) >= 11 is 6.38. The van der Waals surface area contributed by atoms with Crippen LogP contribution in [0.3, 0.4) is 0 Å². The summed E-state index contributed by atoms with van der Waals surface area (Å²) in [5.74, 6) is 1.94. The topological polar surface area (TPSA) is 18.8 Å². The Morgan fingerprint density at radius 1 is 1.08 bits per heavy atom. The van der Waals surface area contributed by atoms with E-state index in [1.54, 1.807) is 0 Å². The van der Waals surface area contributed by atoms with Gasteiger partial charge in [0, 0.05) is 30.2 Å². The molecule has 1 atom stereocenters. The molecule has 0 bridgehead atoms. The van der Waals surface area contributed by atoms with Crippen LogP contribution in [-0.2, 0) is 0 Å². The molecule has 1 unspecified atom stereocenters. The smallest absolute Gasteiger partial charge is 0.201 e. The average Bonchev–Trinajstić information content (AvgIpc) is 3.47. The van der Waals surface area contributed by atoms with Crippen LogP contribution in [0.25, 0.3) is 0 Å². The summed E-state index contributed by atoms with van der Waals surface area (Å²) in [6, 6.07) is 17.4. The maximum absolute atomic E-state index is 6.38. The highest BCUT2D eigenvalue weighted by Crippen LogP contribution is 2.44. The summed E-state index contributed by atoms with van der Waals surface area (Å²) in [7, 11) is 0. The Labute approximate surface area is 153 Å². The molecule has 2 aliphatic heterocycles. The lowest BCUT2D eigenvalue weighted by atomic mass is 9.92. The van der Waals surface area contributed by atoms with Crippen molar-refractivity contribution in [1.29, 1.82) is 0 Å². The van der Waals surface area contributed by atoms with Crippen molar-refractivity contribution in [2.45, 2.75) is 25.3 Å². The summed E-state index contributed by atoms with van der Waals surface area (Å²) in [5.41, 5.74) is 3.91. The molecule has 0 amide bonds. The normalized spacial score (nSPS) is 22.3. The van der Waals surface area contributed by atoms with Crippen molar-refractivity contribution in [3.05, 3.63) is 64.7 Å². The number of aliphatic imine (C=N–C) groups is 1. The van der Waals surface area contributed by atoms with E-state index in [0.717, 1.165) is 43.0 Å². The zero-order valence-corrected chi connectivity index (χ0v) is 15.0. The van der Waals surface area contributed by atoms with Crippen LogP contribution in [0.5, 0.6) is 0 Å². The quantitative estimate of drug-likeness (QED) is 0.796. The van der Waals surface area contributed by atoms with E-state index in [4.69, 9.17) is 16.6 Å². The van der Waals surface area contributed by atoms with Crippen LogP contribution in [0.4, 0.5) is 5.69 Å². The number of guanidine groups is 1. The summed E-state index contributed by atoms with van der Waals surface area (Å²) in [6.07, 6.45) is 3.79. The molecule has 25 heavy (non-hydrogen) atoms. The predicted molar refractivity (Wildman–Crippen MR) is 103 cm³/mol. The third kappa shape index (κ3) is 2.71. The van der Waals surface area contributed by atoms with Gasteiger partial charge in [-0.05, 0) is 42.9 Å². The fourth-order valence-electron chi connectivity index (χ4n) is 4.09. The van der Waals surface area contributed by atoms with Crippen molar-refractivity contribution in [2.24, 2.45) is 10.9 Å². The lowest BCUT2D eigenvalue weighted by Crippen LogP contribution is -2.53. The zero-order valence-electron chi connectivity index (χ0n) is 14.2. The molecule has 2 aromatic carbocycles. The number of halogens is 1. The molecule has 128 valence electrons. The summed E-state index contributed by atoms with van der Waals surface area (Å²) < 4.78 is 0. The Balaban J connectivity index is 1.69. The second-order valence-electron chi connectivity index (χ2n) is 7.30. The third-order valence-electron chi connectivity index (χ3n) is 5.45. The molecule has 3 aliphatic rings. The maximum atomic E-state index is 6.38. The highest BCUT2D eigenvalue weighted by molar-refractivity contribution is 6.31. The molecule has 0 spiro atoms. The molecule has 0 aromatic heterocycles. The van der Waals surface area contributed by atoms with Crippen molar-refractivity contribution in [3.63, 3.8) is 0 Å². The van der Waals surface area contributed by atoms with Gasteiger partial charge in [0.15, 0.2) is 0 Å². The van der Waals surface area contributed by atoms with E-state index >= 15 is 0 Å². The minimum Gasteiger partial charge on any atom is -0.331 e. The fourth-order valence-corrected chi connectivity index (χ4v) is 4.25. The van der Waals surface area contributed by atoms with Crippen molar-refractivity contribution >= 4 is 23.2 Å². The van der Waals surface area contributed by atoms with Crippen LogP contribution in [0.2, 0.25) is 5.02 Å². The number of anilines is 1. The Morgan fingerprint density at radius 2 is 1.92 bits per heavy atom. The van der Waals surface area contributed by atoms with Gasteiger partial charge in [0.05, 0.1) is 11.7 Å². The Kier molecular flexibility index (Phi) is 3.70. The number of fused-ring (bicyclic) bond motifs is 2. The molecule has 4 heteroatoms. The van der Waals surface area contributed by atoms with E-state index < -0.39 is 0 Å². The van der Waals surface area contributed by atoms with E-state index in [1.807, 2.05) is 6.07 Å². The van der Waals surface area contributed by atoms with E-state index in [-0.39, 0.29) is 6.04 Å². The van der Waals surface area contributed by atoms with Crippen LogP contribution in [0, 0.1) is 5.92 Å². The molecule has 0 N–H and O–H groups in total. The predicted octanol–water partition coefficient (Wildman–Crippen LogP) is 4.72. The minimum absolute atomic E-state index is 0.225. The average molecular weight is 352 g/mol. The Morgan fingerprint density at radius 3 is 2.72 bits per heavy atom. The largest absolute Gasteiger partial charge is 0.331 e. The highest BCUT2D eigenvalue weighted by Gasteiger charge is 2.39. The lowest BCUT2D eigenvalue weighted by molar-refractivity contribution is 0.322. The van der Waals surface area contributed by atoms with Gasteiger partial charge in [-0.25, -0.2) is 0 Å². The molecular weight excluding hydrogens is 330 g/mol. The zero-order chi connectivity index (χ0) is 16.8. The first-order valence-corrected chi connectivity index (χ1v) is 9.62. The van der Waals surface area contributed by atoms with Crippen LogP contribution in [0.1, 0.15) is 36.4 Å². The minimum atomic E-state index is 0.225. The number of benzene rings is 2. The number of hydrogen-bond donors (Lipinski definition) is 0. The first kappa shape index (κ1) is 15.3. The monoisotopic (exact) mass is 351 g/mol. The molecule has 2 aromatic rings. The molecule has 1 saturated carbocycles. The van der Waals surface area contributed by atoms with Crippen molar-refractivity contribution in [2.75, 3.05) is 24.5 Å². The van der Waals surface area contributed by atoms with E-state index in [1.165, 1.54) is 29.7 Å². The molecule has 1 fully saturated rings. The molecule has 0 saturated heterocycles. The van der Waals surface area contributed by atoms with Gasteiger partial charge in [-0.15, -0.1) is 0 Å². The van der Waals surface area contributed by atoms with Crippen molar-refractivity contribution in [1.82, 2.24) is 4.90 Å². The molecule has 1 aliphatic carbocycles. The molecule has 5 rings (SSSR count). The van der Waals surface area contributed by atoms with Crippen LogP contribution < -0.4 is 4.90 Å². The van der Waals surface area contributed by atoms with Crippen molar-refractivity contribution in [3.8, 4) is 0 Å². The van der Waals surface area contributed by atoms with Gasteiger partial charge in [-0.2, -0.15) is 0 Å². The van der Waals surface area contributed by atoms with Gasteiger partial charge in [-0.1, -0.05) is 48.0 Å². The van der Waals surface area contributed by atoms with Gasteiger partial charge in [0.1, 0.15) is 0 Å². The lowest BCUT2D eigenvalue weighted by Gasteiger charge is -2.47. The van der Waals surface area contributed by atoms with Gasteiger partial charge in [-0.3, -0.25) is 4.99 Å². The standard InChI is InChI=1S/C21H22ClN3/c22-17-9-10-18-19(13-17)25(14-15-7-8-15)21-23-11-4-12-24(21)20(18)16-5-2-1-3-6-16/h1-3,5-6,9-10,13,15,20H,4,7-8,11-12,14H2. The Bertz CT molecular complexity index is 813. The van der Waals surface area contributed by atoms with Gasteiger partial charge < -0.3 is 9.80 Å². The van der Waals surface area contributed by atoms with E-state index in [9.17, 15) is 0 Å². The van der Waals surface area contributed by atoms with Gasteiger partial charge in [0.2, 0.25) is 5.96 Å². The van der Waals surface area contributed by atoms with E-state index in [0.29, 0.717) is 0 Å². The summed E-state index contributed by atoms with van der Waals surface area (Å²) in [5, 5.41) is 0.802. The second-order valence-corrected chi connectivity index (χ2v) is 7.74. The highest BCUT2D eigenvalue weighted by atomic mass is 35.5. The molecule has 2 heterocycles. The second kappa shape index (κ2) is 6.06. The van der Waals surface area contributed by atoms with Crippen LogP contribution in [-0.4, -0.2) is 30.5 Å². The SMILES string of the molecule is Clc1ccc2c(c1)N(CC1CC1)C1=NCCCN1C2c1ccccc1. The summed E-state index contributed by atoms with van der Waals surface area (Å²) in [4.78, 5) is 9.87. The number of rotatable bonds is 3. The van der Waals surface area contributed by atoms with Gasteiger partial charge in [0.25, 0.3) is 0 Å². The van der Waals surface area contributed by atoms with Crippen LogP contribution in [0.15, 0.2) is 53.5 Å². The first-order chi connectivity index (χ1) is 12.3. The third-order valence-corrected chi connectivity index (χ3v) is 5.69. The molecule has 3 nitrogen and oxygen atoms in total. The van der Waals surface area contributed by atoms with E-state index in [2.05, 4.69) is 52.3 Å². The Hall–Kier alpha value is -2.00. The van der Waals surface area contributed by atoms with Gasteiger partial charge >= 0.3 is 0 Å². The molecule has 0 radical (unpaired) electrons. The van der Waals surface area contributed by atoms with Crippen molar-refractivity contribution < 1.29 is 0 Å². The summed E-state index contributed by atoms with van der Waals surface area (Å²) in [6.45, 7) is 3.04. The number of hydrogen-bond acceptors (Lipinski definition) is 3. The maximum Gasteiger partial charge on any atom is 0.201 e. The fraction of sp³-hybridized carbons (Fsp3) is 0.381. The first-order valence-electron chi connectivity index (χ1n) is 9.24.